The predicted octanol–water partition coefficient (Wildman–Crippen LogP) is 2.86. The fourth-order valence-corrected chi connectivity index (χ4v) is 2.11. The molecule has 1 heterocycles. The van der Waals surface area contributed by atoms with E-state index in [2.05, 4.69) is 50.4 Å². The Labute approximate surface area is 98.0 Å². The average Bonchev–Trinajstić information content (AvgIpc) is 2.29. The second kappa shape index (κ2) is 4.98. The van der Waals surface area contributed by atoms with Crippen LogP contribution in [0.2, 0.25) is 0 Å². The van der Waals surface area contributed by atoms with Crippen molar-refractivity contribution >= 4 is 0 Å². The van der Waals surface area contributed by atoms with E-state index in [9.17, 15) is 0 Å². The molecule has 0 radical (unpaired) electrons. The molecule has 1 saturated heterocycles. The lowest BCUT2D eigenvalue weighted by atomic mass is 9.98. The minimum absolute atomic E-state index is 0.352. The van der Waals surface area contributed by atoms with Crippen LogP contribution in [-0.2, 0) is 4.74 Å². The lowest BCUT2D eigenvalue weighted by Gasteiger charge is -2.29. The first kappa shape index (κ1) is 11.6. The number of ether oxygens (including phenoxy) is 1. The molecule has 2 heteroatoms. The molecule has 0 aliphatic carbocycles. The minimum atomic E-state index is 0.352. The van der Waals surface area contributed by atoms with Crippen molar-refractivity contribution in [1.82, 2.24) is 5.32 Å². The fourth-order valence-electron chi connectivity index (χ4n) is 2.11. The molecule has 0 bridgehead atoms. The molecule has 1 aliphatic heterocycles. The summed E-state index contributed by atoms with van der Waals surface area (Å²) in [7, 11) is 0. The quantitative estimate of drug-likeness (QED) is 0.826. The van der Waals surface area contributed by atoms with Crippen LogP contribution in [0.15, 0.2) is 24.3 Å². The van der Waals surface area contributed by atoms with Gasteiger partial charge in [-0.05, 0) is 24.0 Å². The van der Waals surface area contributed by atoms with Crippen LogP contribution in [0, 0.1) is 0 Å². The summed E-state index contributed by atoms with van der Waals surface area (Å²) in [4.78, 5) is 0. The van der Waals surface area contributed by atoms with Gasteiger partial charge in [0.15, 0.2) is 0 Å². The highest BCUT2D eigenvalue weighted by Gasteiger charge is 2.19. The molecular weight excluding hydrogens is 198 g/mol. The zero-order valence-electron chi connectivity index (χ0n) is 10.4. The molecular formula is C14H21NO. The topological polar surface area (TPSA) is 21.3 Å². The summed E-state index contributed by atoms with van der Waals surface area (Å²) >= 11 is 0. The van der Waals surface area contributed by atoms with Gasteiger partial charge < -0.3 is 10.1 Å². The summed E-state index contributed by atoms with van der Waals surface area (Å²) in [5.41, 5.74) is 2.73. The van der Waals surface area contributed by atoms with Gasteiger partial charge in [0, 0.05) is 6.04 Å². The predicted molar refractivity (Wildman–Crippen MR) is 66.7 cm³/mol. The van der Waals surface area contributed by atoms with Crippen LogP contribution in [0.4, 0.5) is 0 Å². The van der Waals surface area contributed by atoms with Crippen molar-refractivity contribution in [2.75, 3.05) is 13.2 Å². The van der Waals surface area contributed by atoms with Crippen LogP contribution >= 0.6 is 0 Å². The van der Waals surface area contributed by atoms with E-state index in [0.717, 1.165) is 13.2 Å². The van der Waals surface area contributed by atoms with Gasteiger partial charge in [0.25, 0.3) is 0 Å². The van der Waals surface area contributed by atoms with E-state index in [-0.39, 0.29) is 0 Å². The normalized spacial score (nSPS) is 26.0. The second-order valence-corrected chi connectivity index (χ2v) is 4.98. The number of hydrogen-bond donors (Lipinski definition) is 1. The molecule has 16 heavy (non-hydrogen) atoms. The van der Waals surface area contributed by atoms with Crippen LogP contribution in [0.25, 0.3) is 0 Å². The van der Waals surface area contributed by atoms with Gasteiger partial charge in [0.05, 0.1) is 19.3 Å². The van der Waals surface area contributed by atoms with Crippen molar-refractivity contribution < 1.29 is 4.74 Å². The Bertz CT molecular complexity index is 331. The van der Waals surface area contributed by atoms with E-state index >= 15 is 0 Å². The zero-order valence-corrected chi connectivity index (χ0v) is 10.4. The summed E-state index contributed by atoms with van der Waals surface area (Å²) in [6, 6.07) is 9.68. The molecule has 2 nitrogen and oxygen atoms in total. The number of hydrogen-bond acceptors (Lipinski definition) is 2. The lowest BCUT2D eigenvalue weighted by Crippen LogP contribution is -2.41. The van der Waals surface area contributed by atoms with Crippen LogP contribution in [0.5, 0.6) is 0 Å². The monoisotopic (exact) mass is 219 g/mol. The maximum Gasteiger partial charge on any atom is 0.0662 e. The highest BCUT2D eigenvalue weighted by atomic mass is 16.5. The Morgan fingerprint density at radius 1 is 1.19 bits per heavy atom. The standard InChI is InChI=1S/C14H21NO/c1-10(2)12-4-6-13(7-5-12)14-9-16-8-11(3)15-14/h4-7,10-11,14-15H,8-9H2,1-3H3. The zero-order chi connectivity index (χ0) is 11.5. The fraction of sp³-hybridized carbons (Fsp3) is 0.571. The molecule has 2 unspecified atom stereocenters. The van der Waals surface area contributed by atoms with Crippen LogP contribution < -0.4 is 5.32 Å². The summed E-state index contributed by atoms with van der Waals surface area (Å²) in [5.74, 6) is 0.600. The lowest BCUT2D eigenvalue weighted by molar-refractivity contribution is 0.0504. The van der Waals surface area contributed by atoms with Crippen molar-refractivity contribution in [3.8, 4) is 0 Å². The summed E-state index contributed by atoms with van der Waals surface area (Å²) in [5, 5.41) is 3.56. The highest BCUT2D eigenvalue weighted by molar-refractivity contribution is 5.27. The third-order valence-corrected chi connectivity index (χ3v) is 3.14. The van der Waals surface area contributed by atoms with Crippen LogP contribution in [0.3, 0.4) is 0 Å². The van der Waals surface area contributed by atoms with Gasteiger partial charge in [-0.3, -0.25) is 0 Å². The van der Waals surface area contributed by atoms with Gasteiger partial charge in [-0.25, -0.2) is 0 Å². The van der Waals surface area contributed by atoms with Crippen LogP contribution in [-0.4, -0.2) is 19.3 Å². The van der Waals surface area contributed by atoms with Gasteiger partial charge in [-0.1, -0.05) is 38.1 Å². The molecule has 1 fully saturated rings. The Hall–Kier alpha value is -0.860. The van der Waals surface area contributed by atoms with E-state index in [0.29, 0.717) is 18.0 Å². The smallest absolute Gasteiger partial charge is 0.0662 e. The molecule has 2 rings (SSSR count). The molecule has 88 valence electrons. The minimum Gasteiger partial charge on any atom is -0.378 e. The molecule has 0 amide bonds. The molecule has 1 aromatic carbocycles. The van der Waals surface area contributed by atoms with Gasteiger partial charge in [-0.2, -0.15) is 0 Å². The molecule has 1 N–H and O–H groups in total. The average molecular weight is 219 g/mol. The van der Waals surface area contributed by atoms with E-state index in [4.69, 9.17) is 4.74 Å². The number of nitrogens with one attached hydrogen (secondary N) is 1. The summed E-state index contributed by atoms with van der Waals surface area (Å²) in [6.45, 7) is 8.21. The first-order valence-electron chi connectivity index (χ1n) is 6.10. The Morgan fingerprint density at radius 2 is 1.88 bits per heavy atom. The van der Waals surface area contributed by atoms with Gasteiger partial charge in [0.2, 0.25) is 0 Å². The largest absolute Gasteiger partial charge is 0.378 e. The van der Waals surface area contributed by atoms with Crippen LogP contribution in [0.1, 0.15) is 43.9 Å². The number of rotatable bonds is 2. The van der Waals surface area contributed by atoms with Gasteiger partial charge >= 0.3 is 0 Å². The molecule has 0 spiro atoms. The van der Waals surface area contributed by atoms with Crippen molar-refractivity contribution in [2.45, 2.75) is 38.8 Å². The van der Waals surface area contributed by atoms with Crippen molar-refractivity contribution in [1.29, 1.82) is 0 Å². The third kappa shape index (κ3) is 2.63. The van der Waals surface area contributed by atoms with E-state index in [1.54, 1.807) is 0 Å². The molecule has 1 aliphatic rings. The molecule has 0 aromatic heterocycles. The van der Waals surface area contributed by atoms with Crippen molar-refractivity contribution in [2.24, 2.45) is 0 Å². The van der Waals surface area contributed by atoms with Gasteiger partial charge in [-0.15, -0.1) is 0 Å². The van der Waals surface area contributed by atoms with E-state index in [1.165, 1.54) is 11.1 Å². The molecule has 2 atom stereocenters. The maximum absolute atomic E-state index is 5.56. The first-order valence-corrected chi connectivity index (χ1v) is 6.10. The summed E-state index contributed by atoms with van der Waals surface area (Å²) in [6.07, 6.45) is 0. The Kier molecular flexibility index (Phi) is 3.62. The number of benzene rings is 1. The molecule has 0 saturated carbocycles. The highest BCUT2D eigenvalue weighted by Crippen LogP contribution is 2.21. The Balaban J connectivity index is 2.09. The third-order valence-electron chi connectivity index (χ3n) is 3.14. The first-order chi connectivity index (χ1) is 7.66. The summed E-state index contributed by atoms with van der Waals surface area (Å²) < 4.78 is 5.56. The number of morpholine rings is 1. The Morgan fingerprint density at radius 3 is 2.44 bits per heavy atom. The second-order valence-electron chi connectivity index (χ2n) is 4.98. The van der Waals surface area contributed by atoms with Crippen molar-refractivity contribution in [3.63, 3.8) is 0 Å². The van der Waals surface area contributed by atoms with E-state index < -0.39 is 0 Å². The van der Waals surface area contributed by atoms with E-state index in [1.807, 2.05) is 0 Å². The molecule has 1 aromatic rings. The van der Waals surface area contributed by atoms with Gasteiger partial charge in [0.1, 0.15) is 0 Å². The van der Waals surface area contributed by atoms with Crippen molar-refractivity contribution in [3.05, 3.63) is 35.4 Å². The SMILES string of the molecule is CC1COCC(c2ccc(C(C)C)cc2)N1. The maximum atomic E-state index is 5.56.